The van der Waals surface area contributed by atoms with Crippen LogP contribution in [-0.4, -0.2) is 42.5 Å². The first kappa shape index (κ1) is 27.3. The number of nitrogens with zero attached hydrogens (tertiary/aromatic N) is 3. The Hall–Kier alpha value is -3.92. The van der Waals surface area contributed by atoms with Gasteiger partial charge in [0.1, 0.15) is 11.5 Å². The van der Waals surface area contributed by atoms with Crippen LogP contribution >= 0.6 is 22.9 Å². The van der Waals surface area contributed by atoms with Gasteiger partial charge in [0.05, 0.1) is 28.6 Å². The van der Waals surface area contributed by atoms with E-state index >= 15 is 0 Å². The highest BCUT2D eigenvalue weighted by Crippen LogP contribution is 2.35. The largest absolute Gasteiger partial charge is 0.497 e. The van der Waals surface area contributed by atoms with Crippen molar-refractivity contribution in [1.82, 2.24) is 9.58 Å². The third-order valence-electron chi connectivity index (χ3n) is 7.17. The number of carbonyl (C=O) groups excluding carboxylic acids is 1. The molecule has 208 valence electrons. The number of hydrazone groups is 1. The summed E-state index contributed by atoms with van der Waals surface area (Å²) in [5, 5.41) is 9.08. The molecule has 6 rings (SSSR count). The lowest BCUT2D eigenvalue weighted by Gasteiger charge is -2.22. The highest BCUT2D eigenvalue weighted by molar-refractivity contribution is 7.92. The van der Waals surface area contributed by atoms with Crippen LogP contribution in [-0.2, 0) is 21.2 Å². The molecule has 0 saturated heterocycles. The van der Waals surface area contributed by atoms with Gasteiger partial charge in [-0.2, -0.15) is 5.10 Å². The van der Waals surface area contributed by atoms with Gasteiger partial charge in [0.15, 0.2) is 9.84 Å². The van der Waals surface area contributed by atoms with Gasteiger partial charge in [-0.15, -0.1) is 11.3 Å². The molecule has 0 saturated carbocycles. The summed E-state index contributed by atoms with van der Waals surface area (Å²) in [6, 6.07) is 25.6. The Bertz CT molecular complexity index is 1860. The van der Waals surface area contributed by atoms with Crippen molar-refractivity contribution in [2.45, 2.75) is 23.9 Å². The first-order valence-electron chi connectivity index (χ1n) is 13.0. The summed E-state index contributed by atoms with van der Waals surface area (Å²) in [6.45, 7) is 0.393. The molecular formula is C31H26ClN3O4S2. The maximum Gasteiger partial charge on any atom is 0.258 e. The van der Waals surface area contributed by atoms with Gasteiger partial charge in [-0.05, 0) is 46.8 Å². The number of halogens is 1. The van der Waals surface area contributed by atoms with Crippen molar-refractivity contribution in [2.24, 2.45) is 5.10 Å². The number of benzene rings is 3. The molecule has 0 fully saturated rings. The average Bonchev–Trinajstić information content (AvgIpc) is 3.74. The van der Waals surface area contributed by atoms with E-state index in [4.69, 9.17) is 16.3 Å². The van der Waals surface area contributed by atoms with Crippen LogP contribution in [0.2, 0.25) is 5.02 Å². The fourth-order valence-corrected chi connectivity index (χ4v) is 7.45. The third kappa shape index (κ3) is 5.40. The van der Waals surface area contributed by atoms with Gasteiger partial charge < -0.3 is 9.30 Å². The van der Waals surface area contributed by atoms with Crippen molar-refractivity contribution in [3.05, 3.63) is 118 Å². The van der Waals surface area contributed by atoms with E-state index in [0.29, 0.717) is 29.1 Å². The highest BCUT2D eigenvalue weighted by Gasteiger charge is 2.36. The molecule has 10 heteroatoms. The number of methoxy groups -OCH3 is 1. The number of thiophene rings is 1. The number of amides is 1. The van der Waals surface area contributed by atoms with Gasteiger partial charge in [-0.3, -0.25) is 4.79 Å². The number of fused-ring (bicyclic) bond motifs is 1. The van der Waals surface area contributed by atoms with E-state index in [1.165, 1.54) is 16.3 Å². The summed E-state index contributed by atoms with van der Waals surface area (Å²) in [5.41, 5.74) is 3.21. The Morgan fingerprint density at radius 1 is 1.02 bits per heavy atom. The van der Waals surface area contributed by atoms with Crippen LogP contribution < -0.4 is 4.74 Å². The van der Waals surface area contributed by atoms with E-state index in [2.05, 4.69) is 5.10 Å². The fraction of sp³-hybridized carbons (Fsp3) is 0.161. The number of rotatable bonds is 8. The van der Waals surface area contributed by atoms with Crippen molar-refractivity contribution in [1.29, 1.82) is 0 Å². The summed E-state index contributed by atoms with van der Waals surface area (Å²) in [7, 11) is -2.43. The van der Waals surface area contributed by atoms with Crippen LogP contribution in [0, 0.1) is 0 Å². The zero-order chi connectivity index (χ0) is 28.6. The Labute approximate surface area is 247 Å². The monoisotopic (exact) mass is 603 g/mol. The fourth-order valence-electron chi connectivity index (χ4n) is 5.13. The Balaban J connectivity index is 1.33. The summed E-state index contributed by atoms with van der Waals surface area (Å²) in [4.78, 5) is 14.8. The molecule has 2 aromatic heterocycles. The lowest BCUT2D eigenvalue weighted by Crippen LogP contribution is -2.32. The number of hydrogen-bond donors (Lipinski definition) is 0. The standard InChI is InChI=1S/C31H26ClN3O4S2/c1-39-23-14-12-21(13-15-23)28-17-26(29-11-6-16-40-29)33-35(28)31(36)20-41(37,38)30-19-34(27-10-5-3-8-24(27)30)18-22-7-2-4-9-25(22)32/h2-16,19,28H,17-18,20H2,1H3/t28-/m1/s1. The topological polar surface area (TPSA) is 81.0 Å². The molecule has 1 aliphatic heterocycles. The van der Waals surface area contributed by atoms with Crippen molar-refractivity contribution in [3.63, 3.8) is 0 Å². The number of sulfone groups is 1. The van der Waals surface area contributed by atoms with Gasteiger partial charge in [0.2, 0.25) is 0 Å². The summed E-state index contributed by atoms with van der Waals surface area (Å²) < 4.78 is 34.8. The average molecular weight is 604 g/mol. The Morgan fingerprint density at radius 2 is 1.78 bits per heavy atom. The predicted molar refractivity (Wildman–Crippen MR) is 163 cm³/mol. The number of aromatic nitrogens is 1. The number of carbonyl (C=O) groups is 1. The molecule has 0 spiro atoms. The Morgan fingerprint density at radius 3 is 2.51 bits per heavy atom. The van der Waals surface area contributed by atoms with E-state index < -0.39 is 27.5 Å². The van der Waals surface area contributed by atoms with Crippen LogP contribution in [0.4, 0.5) is 0 Å². The second-order valence-electron chi connectivity index (χ2n) is 9.74. The maximum absolute atomic E-state index is 13.8. The summed E-state index contributed by atoms with van der Waals surface area (Å²) >= 11 is 7.93. The molecule has 1 atom stereocenters. The molecule has 41 heavy (non-hydrogen) atoms. The van der Waals surface area contributed by atoms with E-state index in [9.17, 15) is 13.2 Å². The second-order valence-corrected chi connectivity index (χ2v) is 13.1. The molecule has 5 aromatic rings. The van der Waals surface area contributed by atoms with Gasteiger partial charge in [-0.1, -0.05) is 66.2 Å². The minimum absolute atomic E-state index is 0.108. The molecule has 0 N–H and O–H groups in total. The predicted octanol–water partition coefficient (Wildman–Crippen LogP) is 6.56. The van der Waals surface area contributed by atoms with Crippen molar-refractivity contribution >= 4 is 55.3 Å². The lowest BCUT2D eigenvalue weighted by molar-refractivity contribution is -0.130. The van der Waals surface area contributed by atoms with E-state index in [-0.39, 0.29) is 4.90 Å². The van der Waals surface area contributed by atoms with Gasteiger partial charge in [0, 0.05) is 35.1 Å². The molecular weight excluding hydrogens is 578 g/mol. The van der Waals surface area contributed by atoms with E-state index in [0.717, 1.165) is 27.2 Å². The quantitative estimate of drug-likeness (QED) is 0.201. The number of ether oxygens (including phenoxy) is 1. The molecule has 0 aliphatic carbocycles. The minimum atomic E-state index is -4.02. The zero-order valence-electron chi connectivity index (χ0n) is 22.1. The van der Waals surface area contributed by atoms with Gasteiger partial charge >= 0.3 is 0 Å². The minimum Gasteiger partial charge on any atom is -0.497 e. The summed E-state index contributed by atoms with van der Waals surface area (Å²) in [5.74, 6) is -0.596. The van der Waals surface area contributed by atoms with Crippen LogP contribution in [0.3, 0.4) is 0 Å². The molecule has 0 bridgehead atoms. The molecule has 3 aromatic carbocycles. The first-order valence-corrected chi connectivity index (χ1v) is 15.9. The maximum atomic E-state index is 13.8. The summed E-state index contributed by atoms with van der Waals surface area (Å²) in [6.07, 6.45) is 2.08. The van der Waals surface area contributed by atoms with Crippen LogP contribution in [0.25, 0.3) is 10.9 Å². The van der Waals surface area contributed by atoms with Crippen LogP contribution in [0.1, 0.15) is 28.5 Å². The number of hydrogen-bond acceptors (Lipinski definition) is 6. The van der Waals surface area contributed by atoms with E-state index in [1.807, 2.05) is 76.7 Å². The van der Waals surface area contributed by atoms with Crippen LogP contribution in [0.15, 0.2) is 107 Å². The molecule has 1 amide bonds. The molecule has 0 radical (unpaired) electrons. The van der Waals surface area contributed by atoms with Crippen molar-refractivity contribution < 1.29 is 17.9 Å². The third-order valence-corrected chi connectivity index (χ3v) is 10.1. The smallest absolute Gasteiger partial charge is 0.258 e. The molecule has 1 aliphatic rings. The highest BCUT2D eigenvalue weighted by atomic mass is 35.5. The zero-order valence-corrected chi connectivity index (χ0v) is 24.5. The van der Waals surface area contributed by atoms with Gasteiger partial charge in [0.25, 0.3) is 5.91 Å². The normalized spacial score (nSPS) is 15.3. The van der Waals surface area contributed by atoms with E-state index in [1.54, 1.807) is 31.5 Å². The molecule has 0 unspecified atom stereocenters. The molecule has 7 nitrogen and oxygen atoms in total. The van der Waals surface area contributed by atoms with Gasteiger partial charge in [-0.25, -0.2) is 13.4 Å². The molecule has 3 heterocycles. The van der Waals surface area contributed by atoms with Crippen molar-refractivity contribution in [3.8, 4) is 5.75 Å². The Kier molecular flexibility index (Phi) is 7.42. The lowest BCUT2D eigenvalue weighted by atomic mass is 10.0. The second kappa shape index (κ2) is 11.2. The first-order chi connectivity index (χ1) is 19.8. The SMILES string of the molecule is COc1ccc([C@H]2CC(c3cccs3)=NN2C(=O)CS(=O)(=O)c2cn(Cc3ccccc3Cl)c3ccccc23)cc1. The van der Waals surface area contributed by atoms with Crippen LogP contribution in [0.5, 0.6) is 5.75 Å². The van der Waals surface area contributed by atoms with Crippen molar-refractivity contribution in [2.75, 3.05) is 12.9 Å². The number of para-hydroxylation sites is 1.